The van der Waals surface area contributed by atoms with Crippen molar-refractivity contribution in [2.45, 2.75) is 38.5 Å². The quantitative estimate of drug-likeness (QED) is 0.589. The van der Waals surface area contributed by atoms with Gasteiger partial charge in [0.1, 0.15) is 0 Å². The third-order valence-electron chi connectivity index (χ3n) is 3.26. The van der Waals surface area contributed by atoms with Crippen LogP contribution in [-0.2, 0) is 0 Å². The number of rotatable bonds is 3. The number of aromatic amines is 2. The number of H-pyrrole nitrogens is 2. The van der Waals surface area contributed by atoms with Crippen molar-refractivity contribution in [2.75, 3.05) is 0 Å². The van der Waals surface area contributed by atoms with Crippen molar-refractivity contribution in [2.24, 2.45) is 5.92 Å². The largest absolute Gasteiger partial charge is 0.337 e. The highest BCUT2D eigenvalue weighted by atomic mass is 32.1. The Kier molecular flexibility index (Phi) is 3.41. The molecule has 2 N–H and O–H groups in total. The number of hydrogen-bond donors (Lipinski definition) is 2. The minimum absolute atomic E-state index is 0.592. The molecule has 0 radical (unpaired) electrons. The van der Waals surface area contributed by atoms with E-state index in [0.717, 1.165) is 11.2 Å². The Morgan fingerprint density at radius 3 is 3.00 bits per heavy atom. The highest BCUT2D eigenvalue weighted by Crippen LogP contribution is 2.33. The Balaban J connectivity index is 2.19. The van der Waals surface area contributed by atoms with Gasteiger partial charge in [-0.05, 0) is 43.8 Å². The maximum atomic E-state index is 5.07. The monoisotopic (exact) mass is 222 g/mol. The maximum absolute atomic E-state index is 5.07. The van der Waals surface area contributed by atoms with Crippen molar-refractivity contribution in [3.8, 4) is 0 Å². The Morgan fingerprint density at radius 2 is 2.47 bits per heavy atom. The minimum atomic E-state index is 0.592. The summed E-state index contributed by atoms with van der Waals surface area (Å²) in [4.78, 5) is 6.31. The molecule has 1 heterocycles. The van der Waals surface area contributed by atoms with Crippen LogP contribution < -0.4 is 0 Å². The minimum Gasteiger partial charge on any atom is -0.337 e. The molecule has 1 aliphatic rings. The summed E-state index contributed by atoms with van der Waals surface area (Å²) in [6, 6.07) is 0. The van der Waals surface area contributed by atoms with E-state index in [1.807, 2.05) is 6.20 Å². The Hall–Kier alpha value is -0.830. The molecule has 1 aromatic rings. The lowest BCUT2D eigenvalue weighted by atomic mass is 9.81. The van der Waals surface area contributed by atoms with Crippen LogP contribution in [0.3, 0.4) is 0 Å². The standard InChI is InChI=1S/C12H18N2S/c1-2-10(9-6-4-3-5-7-9)11-8-13-12(15)14-11/h4,6,8-10H,2-3,5,7H2,1H3,(H2,13,14,15). The fourth-order valence-electron chi connectivity index (χ4n) is 2.47. The van der Waals surface area contributed by atoms with E-state index in [-0.39, 0.29) is 0 Å². The Bertz CT molecular complexity index is 388. The van der Waals surface area contributed by atoms with Gasteiger partial charge in [0.25, 0.3) is 0 Å². The lowest BCUT2D eigenvalue weighted by Gasteiger charge is -2.24. The normalized spacial score (nSPS) is 22.9. The van der Waals surface area contributed by atoms with Gasteiger partial charge in [0.15, 0.2) is 4.77 Å². The predicted octanol–water partition coefficient (Wildman–Crippen LogP) is 3.92. The number of aromatic nitrogens is 2. The van der Waals surface area contributed by atoms with Gasteiger partial charge in [-0.1, -0.05) is 19.1 Å². The fourth-order valence-corrected chi connectivity index (χ4v) is 2.65. The molecular weight excluding hydrogens is 204 g/mol. The molecule has 0 aliphatic heterocycles. The second-order valence-electron chi connectivity index (χ2n) is 4.24. The summed E-state index contributed by atoms with van der Waals surface area (Å²) in [6.45, 7) is 2.25. The van der Waals surface area contributed by atoms with Crippen LogP contribution in [0.25, 0.3) is 0 Å². The number of hydrogen-bond acceptors (Lipinski definition) is 1. The summed E-state index contributed by atoms with van der Waals surface area (Å²) in [7, 11) is 0. The smallest absolute Gasteiger partial charge is 0.174 e. The van der Waals surface area contributed by atoms with E-state index in [1.54, 1.807) is 0 Å². The van der Waals surface area contributed by atoms with Crippen LogP contribution in [0.2, 0.25) is 0 Å². The van der Waals surface area contributed by atoms with Gasteiger partial charge < -0.3 is 9.97 Å². The third-order valence-corrected chi connectivity index (χ3v) is 3.48. The summed E-state index contributed by atoms with van der Waals surface area (Å²) in [5.74, 6) is 1.28. The van der Waals surface area contributed by atoms with Crippen LogP contribution >= 0.6 is 12.2 Å². The summed E-state index contributed by atoms with van der Waals surface area (Å²) >= 11 is 5.07. The topological polar surface area (TPSA) is 31.6 Å². The molecule has 2 nitrogen and oxygen atoms in total. The average Bonchev–Trinajstić information content (AvgIpc) is 2.68. The molecule has 2 atom stereocenters. The SMILES string of the molecule is CCC(c1c[nH]c(=S)[nH]1)C1C=CCCC1. The van der Waals surface area contributed by atoms with Crippen molar-refractivity contribution < 1.29 is 0 Å². The molecule has 0 aromatic carbocycles. The van der Waals surface area contributed by atoms with E-state index < -0.39 is 0 Å². The van der Waals surface area contributed by atoms with Gasteiger partial charge in [-0.2, -0.15) is 0 Å². The second-order valence-corrected chi connectivity index (χ2v) is 4.64. The summed E-state index contributed by atoms with van der Waals surface area (Å²) in [5, 5.41) is 0. The average molecular weight is 222 g/mol. The fraction of sp³-hybridized carbons (Fsp3) is 0.583. The number of allylic oxidation sites excluding steroid dienone is 2. The molecule has 1 aromatic heterocycles. The first kappa shape index (κ1) is 10.7. The molecule has 0 amide bonds. The molecule has 2 unspecified atom stereocenters. The zero-order valence-electron chi connectivity index (χ0n) is 9.12. The zero-order chi connectivity index (χ0) is 10.7. The van der Waals surface area contributed by atoms with E-state index in [0.29, 0.717) is 11.8 Å². The van der Waals surface area contributed by atoms with Gasteiger partial charge >= 0.3 is 0 Å². The van der Waals surface area contributed by atoms with E-state index >= 15 is 0 Å². The van der Waals surface area contributed by atoms with Gasteiger partial charge in [0.05, 0.1) is 0 Å². The molecule has 0 bridgehead atoms. The van der Waals surface area contributed by atoms with Crippen molar-refractivity contribution in [3.63, 3.8) is 0 Å². The van der Waals surface area contributed by atoms with Crippen molar-refractivity contribution >= 4 is 12.2 Å². The first-order chi connectivity index (χ1) is 7.31. The van der Waals surface area contributed by atoms with Gasteiger partial charge in [0, 0.05) is 17.8 Å². The lowest BCUT2D eigenvalue weighted by Crippen LogP contribution is -2.12. The van der Waals surface area contributed by atoms with Crippen LogP contribution in [0.1, 0.15) is 44.2 Å². The van der Waals surface area contributed by atoms with E-state index in [1.165, 1.54) is 25.0 Å². The highest BCUT2D eigenvalue weighted by molar-refractivity contribution is 7.71. The third kappa shape index (κ3) is 2.40. The molecule has 3 heteroatoms. The van der Waals surface area contributed by atoms with Crippen molar-refractivity contribution in [1.82, 2.24) is 9.97 Å². The first-order valence-corrected chi connectivity index (χ1v) is 6.16. The highest BCUT2D eigenvalue weighted by Gasteiger charge is 2.21. The van der Waals surface area contributed by atoms with Gasteiger partial charge in [-0.25, -0.2) is 0 Å². The summed E-state index contributed by atoms with van der Waals surface area (Å²) in [6.07, 6.45) is 11.8. The van der Waals surface area contributed by atoms with Crippen molar-refractivity contribution in [3.05, 3.63) is 28.8 Å². The molecule has 15 heavy (non-hydrogen) atoms. The molecule has 82 valence electrons. The van der Waals surface area contributed by atoms with E-state index in [4.69, 9.17) is 12.2 Å². The zero-order valence-corrected chi connectivity index (χ0v) is 9.94. The van der Waals surface area contributed by atoms with Crippen molar-refractivity contribution in [1.29, 1.82) is 0 Å². The van der Waals surface area contributed by atoms with Gasteiger partial charge in [0.2, 0.25) is 0 Å². The summed E-state index contributed by atoms with van der Waals surface area (Å²) < 4.78 is 0.739. The van der Waals surface area contributed by atoms with Crippen LogP contribution in [0.5, 0.6) is 0 Å². The number of nitrogens with one attached hydrogen (secondary N) is 2. The first-order valence-electron chi connectivity index (χ1n) is 5.75. The van der Waals surface area contributed by atoms with E-state index in [2.05, 4.69) is 29.0 Å². The molecule has 0 fully saturated rings. The Labute approximate surface area is 95.8 Å². The molecule has 1 aliphatic carbocycles. The molecule has 0 spiro atoms. The van der Waals surface area contributed by atoms with Crippen LogP contribution in [0.4, 0.5) is 0 Å². The molecule has 0 saturated carbocycles. The van der Waals surface area contributed by atoms with Gasteiger partial charge in [-0.3, -0.25) is 0 Å². The predicted molar refractivity (Wildman–Crippen MR) is 65.5 cm³/mol. The molecule has 2 rings (SSSR count). The lowest BCUT2D eigenvalue weighted by molar-refractivity contribution is 0.430. The van der Waals surface area contributed by atoms with Crippen LogP contribution in [0.15, 0.2) is 18.3 Å². The second kappa shape index (κ2) is 4.79. The van der Waals surface area contributed by atoms with Crippen LogP contribution in [0, 0.1) is 10.7 Å². The summed E-state index contributed by atoms with van der Waals surface area (Å²) in [5.41, 5.74) is 1.26. The van der Waals surface area contributed by atoms with Gasteiger partial charge in [-0.15, -0.1) is 0 Å². The molecular formula is C12H18N2S. The van der Waals surface area contributed by atoms with E-state index in [9.17, 15) is 0 Å². The Morgan fingerprint density at radius 1 is 1.60 bits per heavy atom. The van der Waals surface area contributed by atoms with Crippen LogP contribution in [-0.4, -0.2) is 9.97 Å². The number of imidazole rings is 1. The maximum Gasteiger partial charge on any atom is 0.174 e. The molecule has 0 saturated heterocycles.